The van der Waals surface area contributed by atoms with Crippen molar-refractivity contribution >= 4 is 11.9 Å². The van der Waals surface area contributed by atoms with E-state index in [2.05, 4.69) is 5.32 Å². The lowest BCUT2D eigenvalue weighted by atomic mass is 10.1. The molecule has 1 fully saturated rings. The van der Waals surface area contributed by atoms with Crippen LogP contribution in [0.1, 0.15) is 31.7 Å². The number of carbonyl (C=O) groups excluding carboxylic acids is 1. The number of aliphatic carboxylic acids is 1. The molecule has 6 nitrogen and oxygen atoms in total. The highest BCUT2D eigenvalue weighted by Crippen LogP contribution is 2.20. The Morgan fingerprint density at radius 3 is 2.55 bits per heavy atom. The number of nitrogens with one attached hydrogen (secondary N) is 1. The van der Waals surface area contributed by atoms with Crippen molar-refractivity contribution in [2.45, 2.75) is 44.9 Å². The first kappa shape index (κ1) is 16.3. The number of carboxylic acid groups (broad SMARTS) is 1. The van der Waals surface area contributed by atoms with E-state index in [1.807, 2.05) is 31.2 Å². The molecular formula is C16H21NO5. The van der Waals surface area contributed by atoms with Gasteiger partial charge in [-0.15, -0.1) is 0 Å². The largest absolute Gasteiger partial charge is 0.494 e. The van der Waals surface area contributed by atoms with Gasteiger partial charge < -0.3 is 19.9 Å². The number of amides is 1. The Bertz CT molecular complexity index is 514. The summed E-state index contributed by atoms with van der Waals surface area (Å²) < 4.78 is 10.7. The van der Waals surface area contributed by atoms with Crippen LogP contribution in [0.3, 0.4) is 0 Å². The average molecular weight is 307 g/mol. The molecule has 0 aromatic heterocycles. The molecule has 2 rings (SSSR count). The third kappa shape index (κ3) is 4.46. The minimum Gasteiger partial charge on any atom is -0.494 e. The van der Waals surface area contributed by atoms with Gasteiger partial charge in [0.25, 0.3) is 0 Å². The number of hydrogen-bond donors (Lipinski definition) is 2. The summed E-state index contributed by atoms with van der Waals surface area (Å²) in [5, 5.41) is 11.6. The van der Waals surface area contributed by atoms with Crippen LogP contribution in [0.4, 0.5) is 0 Å². The Morgan fingerprint density at radius 2 is 1.95 bits per heavy atom. The van der Waals surface area contributed by atoms with Gasteiger partial charge in [-0.2, -0.15) is 0 Å². The van der Waals surface area contributed by atoms with Crippen LogP contribution in [-0.4, -0.2) is 35.8 Å². The lowest BCUT2D eigenvalue weighted by molar-refractivity contribution is -0.151. The van der Waals surface area contributed by atoms with Crippen molar-refractivity contribution in [2.24, 2.45) is 0 Å². The van der Waals surface area contributed by atoms with E-state index < -0.39 is 18.2 Å². The monoisotopic (exact) mass is 307 g/mol. The molecule has 22 heavy (non-hydrogen) atoms. The molecular weight excluding hydrogens is 286 g/mol. The maximum Gasteiger partial charge on any atom is 0.332 e. The SMILES string of the molecule is CCCOc1ccc(CNC(=O)[C@@H]2CC[C@H](C(=O)O)O2)cc1. The van der Waals surface area contributed by atoms with Crippen LogP contribution in [0.25, 0.3) is 0 Å². The zero-order chi connectivity index (χ0) is 15.9. The predicted octanol–water partition coefficient (Wildman–Crippen LogP) is 1.72. The second-order valence-corrected chi connectivity index (χ2v) is 5.24. The Hall–Kier alpha value is -2.08. The fraction of sp³-hybridized carbons (Fsp3) is 0.500. The van der Waals surface area contributed by atoms with E-state index in [9.17, 15) is 9.59 Å². The van der Waals surface area contributed by atoms with Crippen molar-refractivity contribution in [1.29, 1.82) is 0 Å². The Morgan fingerprint density at radius 1 is 1.27 bits per heavy atom. The molecule has 120 valence electrons. The number of carboxylic acids is 1. The van der Waals surface area contributed by atoms with E-state index in [1.54, 1.807) is 0 Å². The lowest BCUT2D eigenvalue weighted by Crippen LogP contribution is -2.35. The molecule has 6 heteroatoms. The van der Waals surface area contributed by atoms with Gasteiger partial charge in [0.15, 0.2) is 6.10 Å². The average Bonchev–Trinajstić information content (AvgIpc) is 3.02. The van der Waals surface area contributed by atoms with Crippen molar-refractivity contribution in [3.05, 3.63) is 29.8 Å². The third-order valence-corrected chi connectivity index (χ3v) is 3.45. The normalized spacial score (nSPS) is 20.6. The van der Waals surface area contributed by atoms with E-state index in [-0.39, 0.29) is 5.91 Å². The Labute approximate surface area is 129 Å². The van der Waals surface area contributed by atoms with Gasteiger partial charge in [-0.05, 0) is 37.0 Å². The first-order chi connectivity index (χ1) is 10.6. The molecule has 1 aliphatic rings. The van der Waals surface area contributed by atoms with Crippen LogP contribution < -0.4 is 10.1 Å². The molecule has 0 unspecified atom stereocenters. The smallest absolute Gasteiger partial charge is 0.332 e. The van der Waals surface area contributed by atoms with Crippen LogP contribution in [0, 0.1) is 0 Å². The summed E-state index contributed by atoms with van der Waals surface area (Å²) in [5.41, 5.74) is 0.949. The number of hydrogen-bond acceptors (Lipinski definition) is 4. The van der Waals surface area contributed by atoms with Gasteiger partial charge in [0, 0.05) is 6.54 Å². The summed E-state index contributed by atoms with van der Waals surface area (Å²) in [6.07, 6.45) is 0.221. The summed E-state index contributed by atoms with van der Waals surface area (Å²) in [6.45, 7) is 3.11. The minimum atomic E-state index is -1.02. The second kappa shape index (κ2) is 7.79. The van der Waals surface area contributed by atoms with Crippen LogP contribution in [0.5, 0.6) is 5.75 Å². The third-order valence-electron chi connectivity index (χ3n) is 3.45. The maximum atomic E-state index is 11.9. The summed E-state index contributed by atoms with van der Waals surface area (Å²) in [7, 11) is 0. The summed E-state index contributed by atoms with van der Waals surface area (Å²) in [6, 6.07) is 7.51. The maximum absolute atomic E-state index is 11.9. The number of carbonyl (C=O) groups is 2. The predicted molar refractivity (Wildman–Crippen MR) is 79.6 cm³/mol. The van der Waals surface area contributed by atoms with E-state index in [1.165, 1.54) is 0 Å². The topological polar surface area (TPSA) is 84.9 Å². The molecule has 0 saturated carbocycles. The van der Waals surface area contributed by atoms with Gasteiger partial charge >= 0.3 is 5.97 Å². The molecule has 1 aliphatic heterocycles. The molecule has 0 radical (unpaired) electrons. The van der Waals surface area contributed by atoms with Crippen molar-refractivity contribution in [1.82, 2.24) is 5.32 Å². The van der Waals surface area contributed by atoms with Crippen LogP contribution in [0.15, 0.2) is 24.3 Å². The zero-order valence-electron chi connectivity index (χ0n) is 12.6. The van der Waals surface area contributed by atoms with Gasteiger partial charge in [-0.3, -0.25) is 4.79 Å². The van der Waals surface area contributed by atoms with Crippen LogP contribution in [-0.2, 0) is 20.9 Å². The van der Waals surface area contributed by atoms with E-state index in [0.717, 1.165) is 17.7 Å². The highest BCUT2D eigenvalue weighted by atomic mass is 16.5. The molecule has 1 saturated heterocycles. The molecule has 0 aliphatic carbocycles. The molecule has 0 bridgehead atoms. The van der Waals surface area contributed by atoms with Gasteiger partial charge in [0.1, 0.15) is 11.9 Å². The molecule has 1 amide bonds. The van der Waals surface area contributed by atoms with Gasteiger partial charge in [0.05, 0.1) is 6.61 Å². The minimum absolute atomic E-state index is 0.268. The first-order valence-corrected chi connectivity index (χ1v) is 7.48. The second-order valence-electron chi connectivity index (χ2n) is 5.24. The van der Waals surface area contributed by atoms with Crippen molar-refractivity contribution in [3.63, 3.8) is 0 Å². The van der Waals surface area contributed by atoms with Crippen LogP contribution >= 0.6 is 0 Å². The molecule has 1 heterocycles. The first-order valence-electron chi connectivity index (χ1n) is 7.48. The van der Waals surface area contributed by atoms with Crippen molar-refractivity contribution in [3.8, 4) is 5.75 Å². The summed E-state index contributed by atoms with van der Waals surface area (Å²) in [5.74, 6) is -0.478. The highest BCUT2D eigenvalue weighted by Gasteiger charge is 2.34. The van der Waals surface area contributed by atoms with E-state index in [0.29, 0.717) is 26.0 Å². The molecule has 2 N–H and O–H groups in total. The highest BCUT2D eigenvalue weighted by molar-refractivity contribution is 5.82. The van der Waals surface area contributed by atoms with E-state index >= 15 is 0 Å². The van der Waals surface area contributed by atoms with Gasteiger partial charge in [-0.25, -0.2) is 4.79 Å². The zero-order valence-corrected chi connectivity index (χ0v) is 12.6. The number of rotatable bonds is 7. The van der Waals surface area contributed by atoms with Gasteiger partial charge in [-0.1, -0.05) is 19.1 Å². The number of benzene rings is 1. The molecule has 1 aromatic carbocycles. The standard InChI is InChI=1S/C16H21NO5/c1-2-9-21-12-5-3-11(4-6-12)10-17-15(18)13-7-8-14(22-13)16(19)20/h3-6,13-14H,2,7-10H2,1H3,(H,17,18)(H,19,20)/t13-,14+/m0/s1. The molecule has 0 spiro atoms. The summed E-state index contributed by atoms with van der Waals surface area (Å²) in [4.78, 5) is 22.7. The van der Waals surface area contributed by atoms with Crippen molar-refractivity contribution < 1.29 is 24.2 Å². The fourth-order valence-electron chi connectivity index (χ4n) is 2.24. The summed E-state index contributed by atoms with van der Waals surface area (Å²) >= 11 is 0. The Kier molecular flexibility index (Phi) is 5.77. The fourth-order valence-corrected chi connectivity index (χ4v) is 2.24. The Balaban J connectivity index is 1.78. The van der Waals surface area contributed by atoms with Crippen molar-refractivity contribution in [2.75, 3.05) is 6.61 Å². The van der Waals surface area contributed by atoms with Crippen LogP contribution in [0.2, 0.25) is 0 Å². The quantitative estimate of drug-likeness (QED) is 0.801. The number of ether oxygens (including phenoxy) is 2. The van der Waals surface area contributed by atoms with Gasteiger partial charge in [0.2, 0.25) is 5.91 Å². The molecule has 2 atom stereocenters. The van der Waals surface area contributed by atoms with E-state index in [4.69, 9.17) is 14.6 Å². The molecule has 1 aromatic rings. The lowest BCUT2D eigenvalue weighted by Gasteiger charge is -2.12.